The van der Waals surface area contributed by atoms with Crippen LogP contribution in [0.2, 0.25) is 10.0 Å². The van der Waals surface area contributed by atoms with Gasteiger partial charge in [-0.2, -0.15) is 4.09 Å². The van der Waals surface area contributed by atoms with Gasteiger partial charge in [0, 0.05) is 40.8 Å². The summed E-state index contributed by atoms with van der Waals surface area (Å²) in [5, 5.41) is 23.1. The van der Waals surface area contributed by atoms with Crippen molar-refractivity contribution in [2.24, 2.45) is 0 Å². The minimum atomic E-state index is -1.29. The third kappa shape index (κ3) is 7.66. The average molecular weight is 700 g/mol. The van der Waals surface area contributed by atoms with Crippen molar-refractivity contribution in [3.8, 4) is 11.4 Å². The molecule has 5 aromatic rings. The summed E-state index contributed by atoms with van der Waals surface area (Å²) in [5.74, 6) is 0.274. The second-order valence-corrected chi connectivity index (χ2v) is 12.5. The van der Waals surface area contributed by atoms with Gasteiger partial charge in [0.05, 0.1) is 17.3 Å². The maximum atomic E-state index is 12.4. The molecule has 0 radical (unpaired) electrons. The van der Waals surface area contributed by atoms with Gasteiger partial charge in [-0.3, -0.25) is 0 Å². The molecule has 1 aliphatic rings. The molecule has 0 aliphatic carbocycles. The highest BCUT2D eigenvalue weighted by Crippen LogP contribution is 2.40. The van der Waals surface area contributed by atoms with Crippen LogP contribution < -0.4 is 26.8 Å². The van der Waals surface area contributed by atoms with Gasteiger partial charge in [-0.05, 0) is 83.0 Å². The predicted molar refractivity (Wildman–Crippen MR) is 181 cm³/mol. The molecule has 2 aromatic heterocycles. The van der Waals surface area contributed by atoms with Crippen molar-refractivity contribution >= 4 is 52.5 Å². The lowest BCUT2D eigenvalue weighted by Gasteiger charge is -2.29. The number of nitrogens with one attached hydrogen (secondary N) is 2. The first-order valence-corrected chi connectivity index (χ1v) is 16.4. The molecule has 1 saturated heterocycles. The van der Waals surface area contributed by atoms with E-state index in [9.17, 15) is 4.79 Å². The zero-order valence-electron chi connectivity index (χ0n) is 25.3. The summed E-state index contributed by atoms with van der Waals surface area (Å²) in [5.41, 5.74) is 8.98. The van der Waals surface area contributed by atoms with Gasteiger partial charge >= 0.3 is 5.69 Å². The van der Waals surface area contributed by atoms with Crippen LogP contribution in [0.15, 0.2) is 77.9 Å². The maximum absolute atomic E-state index is 12.4. The predicted octanol–water partition coefficient (Wildman–Crippen LogP) is 4.30. The summed E-state index contributed by atoms with van der Waals surface area (Å²) >= 11 is 14.0. The van der Waals surface area contributed by atoms with E-state index in [0.29, 0.717) is 34.4 Å². The molecule has 6 rings (SSSR count). The molecule has 2 atom stereocenters. The van der Waals surface area contributed by atoms with Crippen LogP contribution in [-0.4, -0.2) is 72.1 Å². The molecule has 0 amide bonds. The third-order valence-electron chi connectivity index (χ3n) is 7.23. The quantitative estimate of drug-likeness (QED) is 0.141. The Morgan fingerprint density at radius 3 is 2.45 bits per heavy atom. The monoisotopic (exact) mass is 698 g/mol. The topological polar surface area (TPSA) is 161 Å². The Bertz CT molecular complexity index is 1850. The van der Waals surface area contributed by atoms with Crippen LogP contribution in [0.1, 0.15) is 12.5 Å². The Kier molecular flexibility index (Phi) is 10.2. The highest BCUT2D eigenvalue weighted by Gasteiger charge is 2.46. The van der Waals surface area contributed by atoms with Crippen molar-refractivity contribution < 1.29 is 14.2 Å². The number of hydrogen-bond donors (Lipinski definition) is 3. The molecule has 17 heteroatoms. The van der Waals surface area contributed by atoms with Crippen LogP contribution in [0.3, 0.4) is 0 Å². The molecule has 3 aromatic carbocycles. The van der Waals surface area contributed by atoms with Gasteiger partial charge in [0.15, 0.2) is 0 Å². The smallest absolute Gasteiger partial charge is 0.360 e. The van der Waals surface area contributed by atoms with Crippen molar-refractivity contribution in [2.75, 3.05) is 48.4 Å². The molecule has 0 unspecified atom stereocenters. The van der Waals surface area contributed by atoms with E-state index in [0.717, 1.165) is 22.8 Å². The number of benzene rings is 3. The van der Waals surface area contributed by atoms with Crippen LogP contribution in [-0.2, 0) is 21.8 Å². The molecule has 1 aliphatic heterocycles. The first-order chi connectivity index (χ1) is 22.8. The summed E-state index contributed by atoms with van der Waals surface area (Å²) in [6.45, 7) is 3.92. The van der Waals surface area contributed by atoms with Gasteiger partial charge in [0.1, 0.15) is 31.3 Å². The average Bonchev–Trinajstić information content (AvgIpc) is 3.78. The number of nitrogens with two attached hydrogens (primary N) is 1. The van der Waals surface area contributed by atoms with Gasteiger partial charge < -0.3 is 30.6 Å². The normalized spacial score (nSPS) is 17.6. The van der Waals surface area contributed by atoms with E-state index in [1.54, 1.807) is 18.2 Å². The van der Waals surface area contributed by atoms with E-state index in [1.165, 1.54) is 31.6 Å². The molecular weight excluding hydrogens is 667 g/mol. The Labute approximate surface area is 284 Å². The van der Waals surface area contributed by atoms with Crippen LogP contribution in [0.5, 0.6) is 5.75 Å². The molecule has 3 heterocycles. The SMILES string of the molecule is CCSn1ncn(-c2ccc(NCCNc3ccc(OC[C@@H]4CO[C@@](Cn5nnnc5N)(c5ccc(Cl)cc5Cl)O4)cc3)cc2)c1=O. The van der Waals surface area contributed by atoms with Crippen molar-refractivity contribution in [1.82, 2.24) is 34.0 Å². The van der Waals surface area contributed by atoms with Gasteiger partial charge in [0.25, 0.3) is 0 Å². The van der Waals surface area contributed by atoms with Gasteiger partial charge in [-0.25, -0.2) is 14.0 Å². The molecular formula is C30H32Cl2N10O4S. The number of anilines is 3. The van der Waals surface area contributed by atoms with Crippen molar-refractivity contribution in [1.29, 1.82) is 0 Å². The minimum absolute atomic E-state index is 0.0798. The Morgan fingerprint density at radius 2 is 1.79 bits per heavy atom. The van der Waals surface area contributed by atoms with E-state index in [4.69, 9.17) is 43.1 Å². The summed E-state index contributed by atoms with van der Waals surface area (Å²) < 4.78 is 22.9. The molecule has 0 bridgehead atoms. The highest BCUT2D eigenvalue weighted by atomic mass is 35.5. The number of aromatic nitrogens is 7. The van der Waals surface area contributed by atoms with Crippen molar-refractivity contribution in [3.63, 3.8) is 0 Å². The van der Waals surface area contributed by atoms with Gasteiger partial charge in [-0.1, -0.05) is 41.3 Å². The first-order valence-electron chi connectivity index (χ1n) is 14.7. The Hall–Kier alpha value is -4.28. The maximum Gasteiger partial charge on any atom is 0.360 e. The highest BCUT2D eigenvalue weighted by molar-refractivity contribution is 7.97. The van der Waals surface area contributed by atoms with Gasteiger partial charge in [0.2, 0.25) is 11.7 Å². The van der Waals surface area contributed by atoms with E-state index >= 15 is 0 Å². The largest absolute Gasteiger partial charge is 0.491 e. The number of nitrogen functional groups attached to an aromatic ring is 1. The molecule has 14 nitrogen and oxygen atoms in total. The second-order valence-electron chi connectivity index (χ2n) is 10.4. The molecule has 0 spiro atoms. The summed E-state index contributed by atoms with van der Waals surface area (Å²) in [6, 6.07) is 20.4. The molecule has 0 saturated carbocycles. The molecule has 47 heavy (non-hydrogen) atoms. The van der Waals surface area contributed by atoms with E-state index in [-0.39, 0.29) is 31.4 Å². The second kappa shape index (κ2) is 14.6. The lowest BCUT2D eigenvalue weighted by atomic mass is 10.1. The van der Waals surface area contributed by atoms with E-state index in [1.807, 2.05) is 55.5 Å². The standard InChI is InChI=1S/C30H32Cl2N10O4S/c1-2-47-42-29(43)40(19-36-42)23-8-4-21(5-9-23)34-13-14-35-22-6-10-24(11-7-22)44-16-25-17-45-30(46-25,18-41-28(33)37-38-39-41)26-12-3-20(31)15-27(26)32/h3-12,15,19,25,34-35H,2,13-14,16-18H2,1H3,(H2,33,37,39)/t25-,30-/m1/s1. The number of nitrogens with zero attached hydrogens (tertiary/aromatic N) is 7. The minimum Gasteiger partial charge on any atom is -0.491 e. The lowest BCUT2D eigenvalue weighted by Crippen LogP contribution is -2.35. The molecule has 4 N–H and O–H groups in total. The number of tetrazole rings is 1. The van der Waals surface area contributed by atoms with Crippen LogP contribution in [0.4, 0.5) is 17.3 Å². The van der Waals surface area contributed by atoms with E-state index in [2.05, 4.69) is 31.3 Å². The zero-order chi connectivity index (χ0) is 32.8. The lowest BCUT2D eigenvalue weighted by molar-refractivity contribution is -0.190. The van der Waals surface area contributed by atoms with E-state index < -0.39 is 11.9 Å². The van der Waals surface area contributed by atoms with Gasteiger partial charge in [-0.15, -0.1) is 5.10 Å². The molecule has 1 fully saturated rings. The van der Waals surface area contributed by atoms with Crippen molar-refractivity contribution in [2.45, 2.75) is 25.4 Å². The zero-order valence-corrected chi connectivity index (χ0v) is 27.6. The van der Waals surface area contributed by atoms with Crippen LogP contribution in [0, 0.1) is 0 Å². The fourth-order valence-electron chi connectivity index (χ4n) is 4.97. The molecule has 246 valence electrons. The number of ether oxygens (including phenoxy) is 3. The third-order valence-corrected chi connectivity index (χ3v) is 8.53. The Morgan fingerprint density at radius 1 is 1.06 bits per heavy atom. The number of rotatable bonds is 14. The van der Waals surface area contributed by atoms with Crippen LogP contribution >= 0.6 is 35.1 Å². The van der Waals surface area contributed by atoms with Crippen LogP contribution in [0.25, 0.3) is 5.69 Å². The summed E-state index contributed by atoms with van der Waals surface area (Å²) in [6.07, 6.45) is 1.13. The fraction of sp³-hybridized carbons (Fsp3) is 0.300. The summed E-state index contributed by atoms with van der Waals surface area (Å²) in [4.78, 5) is 12.4. The Balaban J connectivity index is 0.976. The summed E-state index contributed by atoms with van der Waals surface area (Å²) in [7, 11) is 0. The fourth-order valence-corrected chi connectivity index (χ4v) is 6.07. The number of hydrogen-bond acceptors (Lipinski definition) is 12. The number of halogens is 2. The van der Waals surface area contributed by atoms with Crippen molar-refractivity contribution in [3.05, 3.63) is 99.2 Å². The first kappa shape index (κ1) is 32.7.